The second kappa shape index (κ2) is 7.22. The van der Waals surface area contributed by atoms with Crippen LogP contribution in [-0.4, -0.2) is 23.0 Å². The summed E-state index contributed by atoms with van der Waals surface area (Å²) in [6.07, 6.45) is 6.90. The Kier molecular flexibility index (Phi) is 5.33. The number of carbonyl (C=O) groups is 2. The zero-order valence-electron chi connectivity index (χ0n) is 11.7. The van der Waals surface area contributed by atoms with Crippen LogP contribution in [0.15, 0.2) is 30.5 Å². The maximum Gasteiger partial charge on any atom is 0.310 e. The fourth-order valence-corrected chi connectivity index (χ4v) is 2.12. The molecule has 2 rings (SSSR count). The highest BCUT2D eigenvalue weighted by atomic mass is 35.5. The maximum absolute atomic E-state index is 11.9. The molecule has 0 radical (unpaired) electrons. The number of carbonyl (C=O) groups excluding carboxylic acids is 2. The average molecular weight is 309 g/mol. The van der Waals surface area contributed by atoms with Crippen LogP contribution in [0.2, 0.25) is 5.02 Å². The minimum Gasteiger partial charge on any atom is -0.452 e. The van der Waals surface area contributed by atoms with E-state index in [0.29, 0.717) is 17.3 Å². The van der Waals surface area contributed by atoms with Gasteiger partial charge in [-0.1, -0.05) is 23.8 Å². The van der Waals surface area contributed by atoms with Crippen LogP contribution >= 0.6 is 11.6 Å². The number of nitrogens with zero attached hydrogens (tertiary/aromatic N) is 1. The van der Waals surface area contributed by atoms with E-state index in [0.717, 1.165) is 12.8 Å². The van der Waals surface area contributed by atoms with Gasteiger partial charge in [-0.25, -0.2) is 4.98 Å². The summed E-state index contributed by atoms with van der Waals surface area (Å²) in [5.41, 5.74) is 0. The molecule has 5 nitrogen and oxygen atoms in total. The van der Waals surface area contributed by atoms with Gasteiger partial charge in [0.15, 0.2) is 6.10 Å². The van der Waals surface area contributed by atoms with Gasteiger partial charge in [0.2, 0.25) is 0 Å². The van der Waals surface area contributed by atoms with E-state index in [1.807, 2.05) is 12.2 Å². The van der Waals surface area contributed by atoms with Crippen LogP contribution in [-0.2, 0) is 14.3 Å². The molecule has 0 aromatic carbocycles. The number of pyridine rings is 1. The van der Waals surface area contributed by atoms with Crippen molar-refractivity contribution in [3.63, 3.8) is 0 Å². The number of aromatic nitrogens is 1. The fraction of sp³-hybridized carbons (Fsp3) is 0.400. The number of halogens is 1. The summed E-state index contributed by atoms with van der Waals surface area (Å²) in [5.74, 6) is -0.526. The van der Waals surface area contributed by atoms with Gasteiger partial charge in [0, 0.05) is 6.20 Å². The first-order valence-electron chi connectivity index (χ1n) is 6.84. The zero-order valence-corrected chi connectivity index (χ0v) is 12.5. The Labute approximate surface area is 128 Å². The molecule has 0 saturated heterocycles. The highest BCUT2D eigenvalue weighted by Gasteiger charge is 2.25. The smallest absolute Gasteiger partial charge is 0.310 e. The molecule has 0 spiro atoms. The second-order valence-electron chi connectivity index (χ2n) is 4.91. The van der Waals surface area contributed by atoms with Crippen molar-refractivity contribution in [2.24, 2.45) is 5.92 Å². The van der Waals surface area contributed by atoms with Crippen molar-refractivity contribution in [1.82, 2.24) is 4.98 Å². The Balaban J connectivity index is 1.85. The molecule has 2 atom stereocenters. The first kappa shape index (κ1) is 15.5. The van der Waals surface area contributed by atoms with E-state index in [2.05, 4.69) is 10.3 Å². The molecular weight excluding hydrogens is 292 g/mol. The fourth-order valence-electron chi connectivity index (χ4n) is 2.01. The van der Waals surface area contributed by atoms with Crippen molar-refractivity contribution in [2.75, 3.05) is 5.32 Å². The molecule has 0 bridgehead atoms. The van der Waals surface area contributed by atoms with Gasteiger partial charge in [0.05, 0.1) is 10.9 Å². The number of hydrogen-bond acceptors (Lipinski definition) is 4. The lowest BCUT2D eigenvalue weighted by molar-refractivity contribution is -0.157. The highest BCUT2D eigenvalue weighted by molar-refractivity contribution is 6.30. The molecule has 112 valence electrons. The van der Waals surface area contributed by atoms with Gasteiger partial charge >= 0.3 is 5.97 Å². The quantitative estimate of drug-likeness (QED) is 0.686. The van der Waals surface area contributed by atoms with Gasteiger partial charge in [-0.2, -0.15) is 0 Å². The molecule has 1 aromatic heterocycles. The molecule has 1 aliphatic rings. The topological polar surface area (TPSA) is 68.3 Å². The second-order valence-corrected chi connectivity index (χ2v) is 5.35. The van der Waals surface area contributed by atoms with Gasteiger partial charge in [0.25, 0.3) is 5.91 Å². The number of nitrogens with one attached hydrogen (secondary N) is 1. The molecule has 1 N–H and O–H groups in total. The number of ether oxygens (including phenoxy) is 1. The lowest BCUT2D eigenvalue weighted by Gasteiger charge is -2.19. The summed E-state index contributed by atoms with van der Waals surface area (Å²) in [7, 11) is 0. The third kappa shape index (κ3) is 4.56. The summed E-state index contributed by atoms with van der Waals surface area (Å²) in [6.45, 7) is 1.54. The van der Waals surface area contributed by atoms with Crippen LogP contribution < -0.4 is 5.32 Å². The molecule has 1 heterocycles. The Morgan fingerprint density at radius 3 is 2.86 bits per heavy atom. The molecule has 0 fully saturated rings. The predicted molar refractivity (Wildman–Crippen MR) is 79.9 cm³/mol. The molecule has 21 heavy (non-hydrogen) atoms. The monoisotopic (exact) mass is 308 g/mol. The molecule has 6 heteroatoms. The van der Waals surface area contributed by atoms with Crippen molar-refractivity contribution in [2.45, 2.75) is 32.3 Å². The summed E-state index contributed by atoms with van der Waals surface area (Å²) in [5, 5.41) is 3.06. The lowest BCUT2D eigenvalue weighted by Crippen LogP contribution is -2.32. The third-order valence-electron chi connectivity index (χ3n) is 3.24. The van der Waals surface area contributed by atoms with Gasteiger partial charge < -0.3 is 10.1 Å². The van der Waals surface area contributed by atoms with Crippen LogP contribution in [0.1, 0.15) is 26.2 Å². The summed E-state index contributed by atoms with van der Waals surface area (Å²) < 4.78 is 5.21. The summed E-state index contributed by atoms with van der Waals surface area (Å²) in [6, 6.07) is 3.20. The Bertz CT molecular complexity index is 542. The average Bonchev–Trinajstić information content (AvgIpc) is 2.50. The minimum absolute atomic E-state index is 0.154. The maximum atomic E-state index is 11.9. The van der Waals surface area contributed by atoms with Gasteiger partial charge in [0.1, 0.15) is 5.82 Å². The molecule has 0 aliphatic heterocycles. The van der Waals surface area contributed by atoms with Crippen molar-refractivity contribution in [1.29, 1.82) is 0 Å². The van der Waals surface area contributed by atoms with Crippen molar-refractivity contribution in [3.05, 3.63) is 35.5 Å². The van der Waals surface area contributed by atoms with Crippen LogP contribution in [0.25, 0.3) is 0 Å². The summed E-state index contributed by atoms with van der Waals surface area (Å²) in [4.78, 5) is 27.8. The van der Waals surface area contributed by atoms with E-state index in [9.17, 15) is 9.59 Å². The Morgan fingerprint density at radius 2 is 2.24 bits per heavy atom. The van der Waals surface area contributed by atoms with Gasteiger partial charge in [-0.05, 0) is 38.3 Å². The van der Waals surface area contributed by atoms with Crippen molar-refractivity contribution >= 4 is 29.3 Å². The number of esters is 1. The molecule has 1 amide bonds. The third-order valence-corrected chi connectivity index (χ3v) is 3.47. The van der Waals surface area contributed by atoms with Gasteiger partial charge in [-0.3, -0.25) is 9.59 Å². The molecular formula is C15H17ClN2O3. The Hall–Kier alpha value is -1.88. The van der Waals surface area contributed by atoms with E-state index >= 15 is 0 Å². The normalized spacial score (nSPS) is 18.9. The van der Waals surface area contributed by atoms with E-state index in [4.69, 9.17) is 16.3 Å². The molecule has 0 saturated carbocycles. The number of rotatable bonds is 4. The molecule has 1 aliphatic carbocycles. The lowest BCUT2D eigenvalue weighted by atomic mass is 9.95. The van der Waals surface area contributed by atoms with Crippen LogP contribution in [0.3, 0.4) is 0 Å². The van der Waals surface area contributed by atoms with E-state index < -0.39 is 12.0 Å². The first-order valence-corrected chi connectivity index (χ1v) is 7.22. The van der Waals surface area contributed by atoms with E-state index in [-0.39, 0.29) is 11.9 Å². The van der Waals surface area contributed by atoms with Crippen molar-refractivity contribution in [3.8, 4) is 0 Å². The number of hydrogen-bond donors (Lipinski definition) is 1. The number of anilines is 1. The van der Waals surface area contributed by atoms with Crippen molar-refractivity contribution < 1.29 is 14.3 Å². The number of amides is 1. The SMILES string of the molecule is C[C@H](OC(=O)[C@H]1CC=CCC1)C(=O)Nc1ccc(Cl)cn1. The predicted octanol–water partition coefficient (Wildman–Crippen LogP) is 2.96. The van der Waals surface area contributed by atoms with E-state index in [1.165, 1.54) is 6.20 Å². The van der Waals surface area contributed by atoms with Crippen LogP contribution in [0.4, 0.5) is 5.82 Å². The van der Waals surface area contributed by atoms with E-state index in [1.54, 1.807) is 19.1 Å². The number of allylic oxidation sites excluding steroid dienone is 2. The van der Waals surface area contributed by atoms with Crippen LogP contribution in [0.5, 0.6) is 0 Å². The Morgan fingerprint density at radius 1 is 1.43 bits per heavy atom. The molecule has 0 unspecified atom stereocenters. The standard InChI is InChI=1S/C15H17ClN2O3/c1-10(21-15(20)11-5-3-2-4-6-11)14(19)18-13-8-7-12(16)9-17-13/h2-3,7-11H,4-6H2,1H3,(H,17,18,19)/t10-,11-/m0/s1. The zero-order chi connectivity index (χ0) is 15.2. The van der Waals surface area contributed by atoms with Gasteiger partial charge in [-0.15, -0.1) is 0 Å². The minimum atomic E-state index is -0.860. The first-order chi connectivity index (χ1) is 10.1. The van der Waals surface area contributed by atoms with Crippen LogP contribution in [0, 0.1) is 5.92 Å². The molecule has 1 aromatic rings. The highest BCUT2D eigenvalue weighted by Crippen LogP contribution is 2.20. The largest absolute Gasteiger partial charge is 0.452 e. The summed E-state index contributed by atoms with van der Waals surface area (Å²) >= 11 is 5.72.